The number of fused-ring (bicyclic) bond motifs is 1. The second-order valence-electron chi connectivity index (χ2n) is 7.82. The minimum absolute atomic E-state index is 0. The molecule has 3 rings (SSSR count). The van der Waals surface area contributed by atoms with Gasteiger partial charge in [-0.25, -0.2) is 4.98 Å². The molecule has 0 spiro atoms. The predicted octanol–water partition coefficient (Wildman–Crippen LogP) is 5.35. The molecule has 34 heavy (non-hydrogen) atoms. The molecule has 7 nitrogen and oxygen atoms in total. The molecule has 1 amide bonds. The number of carbonyl (C=O) groups is 1. The van der Waals surface area contributed by atoms with E-state index in [-0.39, 0.29) is 18.3 Å². The Morgan fingerprint density at radius 2 is 1.56 bits per heavy atom. The first-order valence-corrected chi connectivity index (χ1v) is 11.9. The van der Waals surface area contributed by atoms with E-state index >= 15 is 0 Å². The van der Waals surface area contributed by atoms with Gasteiger partial charge in [-0.3, -0.25) is 9.69 Å². The lowest BCUT2D eigenvalue weighted by Crippen LogP contribution is -2.38. The number of hydrogen-bond donors (Lipinski definition) is 0. The topological polar surface area (TPSA) is 64.1 Å². The van der Waals surface area contributed by atoms with Gasteiger partial charge in [0.05, 0.1) is 31.5 Å². The number of ether oxygens (including phenoxy) is 3. The van der Waals surface area contributed by atoms with Gasteiger partial charge in [-0.2, -0.15) is 0 Å². The van der Waals surface area contributed by atoms with E-state index in [1.807, 2.05) is 0 Å². The zero-order valence-corrected chi connectivity index (χ0v) is 22.6. The first kappa shape index (κ1) is 27.7. The third kappa shape index (κ3) is 5.74. The van der Waals surface area contributed by atoms with Crippen LogP contribution in [0.5, 0.6) is 17.2 Å². The fourth-order valence-electron chi connectivity index (χ4n) is 3.90. The summed E-state index contributed by atoms with van der Waals surface area (Å²) in [6.07, 6.45) is 0. The molecule has 9 heteroatoms. The lowest BCUT2D eigenvalue weighted by atomic mass is 10.1. The summed E-state index contributed by atoms with van der Waals surface area (Å²) in [4.78, 5) is 22.7. The van der Waals surface area contributed by atoms with E-state index in [0.29, 0.717) is 34.5 Å². The van der Waals surface area contributed by atoms with Crippen molar-refractivity contribution in [1.29, 1.82) is 0 Å². The molecule has 0 aliphatic rings. The van der Waals surface area contributed by atoms with Crippen molar-refractivity contribution < 1.29 is 19.0 Å². The standard InChI is InChI=1S/C25H33N3O4S.ClH/c1-8-27(9-2)10-11-28(25-26-22-17(4)12-16(3)13-21(22)33-25)24(29)18-14-19(30-5)23(32-7)20(15-18)31-6;/h12-15H,8-11H2,1-7H3;1H. The number of methoxy groups -OCH3 is 3. The molecule has 0 atom stereocenters. The summed E-state index contributed by atoms with van der Waals surface area (Å²) in [5, 5.41) is 0.685. The summed E-state index contributed by atoms with van der Waals surface area (Å²) in [5.41, 5.74) is 3.68. The van der Waals surface area contributed by atoms with Gasteiger partial charge < -0.3 is 19.1 Å². The van der Waals surface area contributed by atoms with Crippen molar-refractivity contribution in [2.45, 2.75) is 27.7 Å². The number of nitrogens with zero attached hydrogens (tertiary/aromatic N) is 3. The number of aryl methyl sites for hydroxylation is 2. The van der Waals surface area contributed by atoms with Gasteiger partial charge in [-0.15, -0.1) is 12.4 Å². The van der Waals surface area contributed by atoms with E-state index in [0.717, 1.165) is 35.4 Å². The molecule has 0 saturated carbocycles. The number of hydrogen-bond acceptors (Lipinski definition) is 7. The van der Waals surface area contributed by atoms with Crippen LogP contribution in [0.25, 0.3) is 10.2 Å². The van der Waals surface area contributed by atoms with Gasteiger partial charge in [0.15, 0.2) is 16.6 Å². The van der Waals surface area contributed by atoms with Crippen LogP contribution >= 0.6 is 23.7 Å². The van der Waals surface area contributed by atoms with E-state index in [1.54, 1.807) is 38.4 Å². The van der Waals surface area contributed by atoms with Crippen LogP contribution in [0.3, 0.4) is 0 Å². The Labute approximate surface area is 212 Å². The van der Waals surface area contributed by atoms with E-state index < -0.39 is 0 Å². The lowest BCUT2D eigenvalue weighted by Gasteiger charge is -2.25. The molecule has 3 aromatic rings. The van der Waals surface area contributed by atoms with Gasteiger partial charge in [0, 0.05) is 18.7 Å². The molecule has 1 heterocycles. The van der Waals surface area contributed by atoms with Gasteiger partial charge in [-0.05, 0) is 56.3 Å². The summed E-state index contributed by atoms with van der Waals surface area (Å²) in [6.45, 7) is 11.5. The van der Waals surface area contributed by atoms with Crippen molar-refractivity contribution in [2.75, 3.05) is 52.4 Å². The molecule has 0 saturated heterocycles. The van der Waals surface area contributed by atoms with Gasteiger partial charge in [0.25, 0.3) is 5.91 Å². The summed E-state index contributed by atoms with van der Waals surface area (Å²) in [6, 6.07) is 7.62. The number of halogens is 1. The van der Waals surface area contributed by atoms with Crippen LogP contribution in [-0.2, 0) is 0 Å². The predicted molar refractivity (Wildman–Crippen MR) is 142 cm³/mol. The lowest BCUT2D eigenvalue weighted by molar-refractivity contribution is 0.0983. The quantitative estimate of drug-likeness (QED) is 0.368. The molecule has 186 valence electrons. The minimum atomic E-state index is -0.158. The minimum Gasteiger partial charge on any atom is -0.493 e. The number of amides is 1. The Hall–Kier alpha value is -2.55. The molecule has 0 radical (unpaired) electrons. The molecule has 0 N–H and O–H groups in total. The SMILES string of the molecule is CCN(CC)CCN(C(=O)c1cc(OC)c(OC)c(OC)c1)c1nc2c(C)cc(C)cc2s1.Cl. The fourth-order valence-corrected chi connectivity index (χ4v) is 5.07. The van der Waals surface area contributed by atoms with Gasteiger partial charge >= 0.3 is 0 Å². The van der Waals surface area contributed by atoms with E-state index in [2.05, 4.69) is 44.7 Å². The maximum Gasteiger partial charge on any atom is 0.260 e. The molecule has 0 aliphatic carbocycles. The normalized spacial score (nSPS) is 10.8. The zero-order chi connectivity index (χ0) is 24.1. The Bertz CT molecular complexity index is 1110. The number of carbonyl (C=O) groups excluding carboxylic acids is 1. The van der Waals surface area contributed by atoms with Crippen LogP contribution in [-0.4, -0.2) is 63.3 Å². The Morgan fingerprint density at radius 1 is 0.941 bits per heavy atom. The van der Waals surface area contributed by atoms with Crippen molar-refractivity contribution in [3.05, 3.63) is 41.0 Å². The maximum absolute atomic E-state index is 13.8. The summed E-state index contributed by atoms with van der Waals surface area (Å²) >= 11 is 1.54. The highest BCUT2D eigenvalue weighted by atomic mass is 35.5. The number of rotatable bonds is 10. The van der Waals surface area contributed by atoms with Gasteiger partial charge in [0.1, 0.15) is 0 Å². The van der Waals surface area contributed by atoms with Crippen LogP contribution in [0.4, 0.5) is 5.13 Å². The van der Waals surface area contributed by atoms with Gasteiger partial charge in [0.2, 0.25) is 5.75 Å². The summed E-state index contributed by atoms with van der Waals surface area (Å²) < 4.78 is 17.4. The molecule has 0 unspecified atom stereocenters. The van der Waals surface area contributed by atoms with Gasteiger partial charge in [-0.1, -0.05) is 31.3 Å². The van der Waals surface area contributed by atoms with Crippen LogP contribution in [0.15, 0.2) is 24.3 Å². The molecule has 1 aromatic heterocycles. The number of thiazole rings is 1. The highest BCUT2D eigenvalue weighted by Gasteiger charge is 2.25. The Morgan fingerprint density at radius 3 is 2.09 bits per heavy atom. The van der Waals surface area contributed by atoms with E-state index in [9.17, 15) is 4.79 Å². The fraction of sp³-hybridized carbons (Fsp3) is 0.440. The average Bonchev–Trinajstić information content (AvgIpc) is 3.24. The molecular weight excluding hydrogens is 474 g/mol. The number of likely N-dealkylation sites (N-methyl/N-ethyl adjacent to an activating group) is 1. The number of anilines is 1. The van der Waals surface area contributed by atoms with Crippen molar-refractivity contribution in [3.8, 4) is 17.2 Å². The molecule has 0 bridgehead atoms. The number of benzene rings is 2. The highest BCUT2D eigenvalue weighted by Crippen LogP contribution is 2.39. The zero-order valence-electron chi connectivity index (χ0n) is 20.9. The Balaban J connectivity index is 0.00000408. The van der Waals surface area contributed by atoms with Crippen molar-refractivity contribution in [2.24, 2.45) is 0 Å². The summed E-state index contributed by atoms with van der Waals surface area (Å²) in [7, 11) is 4.63. The third-order valence-electron chi connectivity index (χ3n) is 5.74. The molecular formula is C25H34ClN3O4S. The molecule has 0 aliphatic heterocycles. The van der Waals surface area contributed by atoms with Crippen molar-refractivity contribution in [3.63, 3.8) is 0 Å². The maximum atomic E-state index is 13.8. The number of aromatic nitrogens is 1. The van der Waals surface area contributed by atoms with Crippen LogP contribution in [0.1, 0.15) is 35.3 Å². The monoisotopic (exact) mass is 507 g/mol. The van der Waals surface area contributed by atoms with Crippen molar-refractivity contribution >= 4 is 45.0 Å². The highest BCUT2D eigenvalue weighted by molar-refractivity contribution is 7.22. The third-order valence-corrected chi connectivity index (χ3v) is 6.77. The first-order chi connectivity index (χ1) is 15.9. The molecule has 0 fully saturated rings. The van der Waals surface area contributed by atoms with E-state index in [4.69, 9.17) is 19.2 Å². The Kier molecular flexibility index (Phi) is 9.97. The second-order valence-corrected chi connectivity index (χ2v) is 8.83. The average molecular weight is 508 g/mol. The van der Waals surface area contributed by atoms with Crippen LogP contribution < -0.4 is 19.1 Å². The van der Waals surface area contributed by atoms with Crippen LogP contribution in [0.2, 0.25) is 0 Å². The largest absolute Gasteiger partial charge is 0.493 e. The smallest absolute Gasteiger partial charge is 0.260 e. The first-order valence-electron chi connectivity index (χ1n) is 11.1. The molecule has 2 aromatic carbocycles. The van der Waals surface area contributed by atoms with Crippen molar-refractivity contribution in [1.82, 2.24) is 9.88 Å². The second kappa shape index (κ2) is 12.2. The van der Waals surface area contributed by atoms with E-state index in [1.165, 1.54) is 16.9 Å². The summed E-state index contributed by atoms with van der Waals surface area (Å²) in [5.74, 6) is 1.19. The van der Waals surface area contributed by atoms with Crippen LogP contribution in [0, 0.1) is 13.8 Å².